The van der Waals surface area contributed by atoms with Gasteiger partial charge in [0.2, 0.25) is 11.8 Å². The first-order chi connectivity index (χ1) is 9.54. The molecule has 1 atom stereocenters. The number of rotatable bonds is 4. The molecule has 2 amide bonds. The second kappa shape index (κ2) is 6.47. The van der Waals surface area contributed by atoms with Crippen LogP contribution >= 0.6 is 0 Å². The van der Waals surface area contributed by atoms with Crippen LogP contribution in [0, 0.1) is 5.82 Å². The molecule has 3 N–H and O–H groups in total. The summed E-state index contributed by atoms with van der Waals surface area (Å²) in [6.07, 6.45) is 0.855. The number of halogens is 1. The summed E-state index contributed by atoms with van der Waals surface area (Å²) in [7, 11) is 0. The maximum atomic E-state index is 13.0. The summed E-state index contributed by atoms with van der Waals surface area (Å²) < 4.78 is 13.0. The third-order valence-corrected chi connectivity index (χ3v) is 3.27. The first-order valence-corrected chi connectivity index (χ1v) is 6.59. The van der Waals surface area contributed by atoms with Gasteiger partial charge in [-0.1, -0.05) is 12.1 Å². The standard InChI is InChI=1S/C14H18FN3O2/c15-11-3-1-2-10(6-11)7-13(19)17-8-14(20)18-5-4-12(16)9-18/h1-3,6,12H,4-5,7-9,16H2,(H,17,19)/t12-/m1/s1. The van der Waals surface area contributed by atoms with Crippen LogP contribution in [0.4, 0.5) is 4.39 Å². The van der Waals surface area contributed by atoms with Gasteiger partial charge in [0.15, 0.2) is 0 Å². The van der Waals surface area contributed by atoms with E-state index in [1.165, 1.54) is 12.1 Å². The van der Waals surface area contributed by atoms with Crippen molar-refractivity contribution in [2.75, 3.05) is 19.6 Å². The summed E-state index contributed by atoms with van der Waals surface area (Å²) >= 11 is 0. The molecule has 5 nitrogen and oxygen atoms in total. The number of benzene rings is 1. The fraction of sp³-hybridized carbons (Fsp3) is 0.429. The van der Waals surface area contributed by atoms with Gasteiger partial charge < -0.3 is 16.0 Å². The van der Waals surface area contributed by atoms with Gasteiger partial charge in [0.05, 0.1) is 13.0 Å². The number of carbonyl (C=O) groups excluding carboxylic acids is 2. The molecule has 0 aromatic heterocycles. The third-order valence-electron chi connectivity index (χ3n) is 3.27. The highest BCUT2D eigenvalue weighted by Crippen LogP contribution is 2.07. The molecule has 2 rings (SSSR count). The van der Waals surface area contributed by atoms with Gasteiger partial charge in [-0.3, -0.25) is 9.59 Å². The summed E-state index contributed by atoms with van der Waals surface area (Å²) in [5.41, 5.74) is 6.30. The molecule has 1 fully saturated rings. The minimum Gasteiger partial charge on any atom is -0.347 e. The van der Waals surface area contributed by atoms with E-state index < -0.39 is 0 Å². The van der Waals surface area contributed by atoms with E-state index >= 15 is 0 Å². The lowest BCUT2D eigenvalue weighted by Crippen LogP contribution is -2.40. The lowest BCUT2D eigenvalue weighted by Gasteiger charge is -2.16. The van der Waals surface area contributed by atoms with Crippen molar-refractivity contribution in [3.8, 4) is 0 Å². The van der Waals surface area contributed by atoms with Crippen molar-refractivity contribution < 1.29 is 14.0 Å². The molecule has 1 heterocycles. The number of likely N-dealkylation sites (tertiary alicyclic amines) is 1. The van der Waals surface area contributed by atoms with E-state index in [-0.39, 0.29) is 36.6 Å². The highest BCUT2D eigenvalue weighted by atomic mass is 19.1. The van der Waals surface area contributed by atoms with Crippen molar-refractivity contribution in [2.24, 2.45) is 5.73 Å². The van der Waals surface area contributed by atoms with Gasteiger partial charge >= 0.3 is 0 Å². The van der Waals surface area contributed by atoms with Crippen LogP contribution in [-0.2, 0) is 16.0 Å². The topological polar surface area (TPSA) is 75.4 Å². The molecular weight excluding hydrogens is 261 g/mol. The van der Waals surface area contributed by atoms with Crippen LogP contribution in [0.3, 0.4) is 0 Å². The Morgan fingerprint density at radius 1 is 1.45 bits per heavy atom. The fourth-order valence-electron chi connectivity index (χ4n) is 2.19. The number of hydrogen-bond acceptors (Lipinski definition) is 3. The number of carbonyl (C=O) groups is 2. The summed E-state index contributed by atoms with van der Waals surface area (Å²) in [5, 5.41) is 2.55. The van der Waals surface area contributed by atoms with E-state index in [2.05, 4.69) is 5.32 Å². The van der Waals surface area contributed by atoms with Crippen molar-refractivity contribution in [3.05, 3.63) is 35.6 Å². The van der Waals surface area contributed by atoms with Crippen LogP contribution in [0.25, 0.3) is 0 Å². The molecular formula is C14H18FN3O2. The molecule has 0 saturated carbocycles. The Bertz CT molecular complexity index is 507. The van der Waals surface area contributed by atoms with Gasteiger partial charge in [0.1, 0.15) is 5.82 Å². The molecule has 0 unspecified atom stereocenters. The third kappa shape index (κ3) is 4.03. The molecule has 0 aliphatic carbocycles. The van der Waals surface area contributed by atoms with E-state index in [0.717, 1.165) is 6.42 Å². The largest absolute Gasteiger partial charge is 0.347 e. The second-order valence-corrected chi connectivity index (χ2v) is 4.97. The minimum atomic E-state index is -0.377. The van der Waals surface area contributed by atoms with Gasteiger partial charge in [0, 0.05) is 19.1 Å². The molecule has 0 spiro atoms. The zero-order valence-corrected chi connectivity index (χ0v) is 11.1. The van der Waals surface area contributed by atoms with E-state index in [1.807, 2.05) is 0 Å². The van der Waals surface area contributed by atoms with Crippen LogP contribution in [0.2, 0.25) is 0 Å². The minimum absolute atomic E-state index is 0.0296. The smallest absolute Gasteiger partial charge is 0.242 e. The van der Waals surface area contributed by atoms with Crippen LogP contribution in [0.1, 0.15) is 12.0 Å². The number of amides is 2. The maximum Gasteiger partial charge on any atom is 0.242 e. The molecule has 1 aliphatic heterocycles. The maximum absolute atomic E-state index is 13.0. The average Bonchev–Trinajstić information content (AvgIpc) is 2.83. The molecule has 1 aliphatic rings. The summed E-state index contributed by atoms with van der Waals surface area (Å²) in [5.74, 6) is -0.810. The lowest BCUT2D eigenvalue weighted by atomic mass is 10.1. The fourth-order valence-corrected chi connectivity index (χ4v) is 2.19. The number of nitrogens with two attached hydrogens (primary N) is 1. The van der Waals surface area contributed by atoms with E-state index in [4.69, 9.17) is 5.73 Å². The highest BCUT2D eigenvalue weighted by molar-refractivity contribution is 5.85. The van der Waals surface area contributed by atoms with Gasteiger partial charge in [-0.05, 0) is 24.1 Å². The van der Waals surface area contributed by atoms with Gasteiger partial charge in [0.25, 0.3) is 0 Å². The molecule has 6 heteroatoms. The molecule has 0 bridgehead atoms. The molecule has 108 valence electrons. The van der Waals surface area contributed by atoms with Crippen LogP contribution in [0.15, 0.2) is 24.3 Å². The zero-order valence-electron chi connectivity index (χ0n) is 11.1. The number of nitrogens with zero attached hydrogens (tertiary/aromatic N) is 1. The van der Waals surface area contributed by atoms with Crippen molar-refractivity contribution in [1.82, 2.24) is 10.2 Å². The van der Waals surface area contributed by atoms with Gasteiger partial charge in [-0.2, -0.15) is 0 Å². The summed E-state index contributed by atoms with van der Waals surface area (Å²) in [6, 6.07) is 5.88. The van der Waals surface area contributed by atoms with Crippen molar-refractivity contribution in [2.45, 2.75) is 18.9 Å². The van der Waals surface area contributed by atoms with Crippen LogP contribution in [0.5, 0.6) is 0 Å². The molecule has 1 aromatic carbocycles. The number of nitrogens with one attached hydrogen (secondary N) is 1. The quantitative estimate of drug-likeness (QED) is 0.817. The molecule has 1 saturated heterocycles. The normalized spacial score (nSPS) is 18.1. The summed E-state index contributed by atoms with van der Waals surface area (Å²) in [6.45, 7) is 1.14. The zero-order chi connectivity index (χ0) is 14.5. The first kappa shape index (κ1) is 14.5. The Balaban J connectivity index is 1.76. The Labute approximate surface area is 116 Å². The van der Waals surface area contributed by atoms with E-state index in [0.29, 0.717) is 18.7 Å². The monoisotopic (exact) mass is 279 g/mol. The van der Waals surface area contributed by atoms with Crippen molar-refractivity contribution in [3.63, 3.8) is 0 Å². The summed E-state index contributed by atoms with van der Waals surface area (Å²) in [4.78, 5) is 25.1. The van der Waals surface area contributed by atoms with Crippen molar-refractivity contribution >= 4 is 11.8 Å². The van der Waals surface area contributed by atoms with Crippen molar-refractivity contribution in [1.29, 1.82) is 0 Å². The molecule has 1 aromatic rings. The van der Waals surface area contributed by atoms with E-state index in [1.54, 1.807) is 17.0 Å². The predicted molar refractivity (Wildman–Crippen MR) is 72.3 cm³/mol. The van der Waals surface area contributed by atoms with Gasteiger partial charge in [-0.25, -0.2) is 4.39 Å². The molecule has 0 radical (unpaired) electrons. The Morgan fingerprint density at radius 3 is 2.90 bits per heavy atom. The SMILES string of the molecule is N[C@@H]1CCN(C(=O)CNC(=O)Cc2cccc(F)c2)C1. The lowest BCUT2D eigenvalue weighted by molar-refractivity contribution is -0.131. The Morgan fingerprint density at radius 2 is 2.25 bits per heavy atom. The van der Waals surface area contributed by atoms with E-state index in [9.17, 15) is 14.0 Å². The second-order valence-electron chi connectivity index (χ2n) is 4.97. The Hall–Kier alpha value is -1.95. The first-order valence-electron chi connectivity index (χ1n) is 6.59. The van der Waals surface area contributed by atoms with Crippen LogP contribution in [-0.4, -0.2) is 42.4 Å². The highest BCUT2D eigenvalue weighted by Gasteiger charge is 2.23. The Kier molecular flexibility index (Phi) is 4.68. The predicted octanol–water partition coefficient (Wildman–Crippen LogP) is 0.0440. The average molecular weight is 279 g/mol. The number of hydrogen-bond donors (Lipinski definition) is 2. The van der Waals surface area contributed by atoms with Crippen LogP contribution < -0.4 is 11.1 Å². The van der Waals surface area contributed by atoms with Gasteiger partial charge in [-0.15, -0.1) is 0 Å². The molecule has 20 heavy (non-hydrogen) atoms.